The number of benzene rings is 1. The summed E-state index contributed by atoms with van der Waals surface area (Å²) >= 11 is 0. The Labute approximate surface area is 90.8 Å². The number of nitrogens with zero attached hydrogens (tertiary/aromatic N) is 1. The van der Waals surface area contributed by atoms with Crippen LogP contribution in [0.1, 0.15) is 10.4 Å². The SMILES string of the molecule is COc1cc2cncc(F)c2cc1C(N)=O. The third-order valence-electron chi connectivity index (χ3n) is 2.30. The Morgan fingerprint density at radius 3 is 2.81 bits per heavy atom. The van der Waals surface area contributed by atoms with Crippen LogP contribution < -0.4 is 10.5 Å². The molecule has 2 rings (SSSR count). The quantitative estimate of drug-likeness (QED) is 0.833. The third kappa shape index (κ3) is 1.56. The highest BCUT2D eigenvalue weighted by Crippen LogP contribution is 2.26. The van der Waals surface area contributed by atoms with Gasteiger partial charge in [-0.25, -0.2) is 4.39 Å². The summed E-state index contributed by atoms with van der Waals surface area (Å²) in [5, 5.41) is 0.853. The molecule has 0 aliphatic rings. The topological polar surface area (TPSA) is 65.2 Å². The highest BCUT2D eigenvalue weighted by Gasteiger charge is 2.12. The maximum Gasteiger partial charge on any atom is 0.252 e. The van der Waals surface area contributed by atoms with Crippen molar-refractivity contribution in [1.29, 1.82) is 0 Å². The Hall–Kier alpha value is -2.17. The summed E-state index contributed by atoms with van der Waals surface area (Å²) < 4.78 is 18.4. The van der Waals surface area contributed by atoms with Crippen molar-refractivity contribution in [3.05, 3.63) is 35.9 Å². The van der Waals surface area contributed by atoms with E-state index in [2.05, 4.69) is 4.98 Å². The second kappa shape index (κ2) is 3.77. The number of carbonyl (C=O) groups excluding carboxylic acids is 1. The van der Waals surface area contributed by atoms with Gasteiger partial charge in [0, 0.05) is 17.0 Å². The van der Waals surface area contributed by atoms with E-state index in [4.69, 9.17) is 10.5 Å². The molecule has 0 saturated heterocycles. The van der Waals surface area contributed by atoms with E-state index in [1.165, 1.54) is 25.4 Å². The minimum atomic E-state index is -0.657. The fourth-order valence-corrected chi connectivity index (χ4v) is 1.52. The van der Waals surface area contributed by atoms with Crippen molar-refractivity contribution in [2.45, 2.75) is 0 Å². The summed E-state index contributed by atoms with van der Waals surface area (Å²) in [5.41, 5.74) is 5.33. The number of aromatic nitrogens is 1. The van der Waals surface area contributed by atoms with Crippen molar-refractivity contribution < 1.29 is 13.9 Å². The number of fused-ring (bicyclic) bond motifs is 1. The van der Waals surface area contributed by atoms with Gasteiger partial charge < -0.3 is 10.5 Å². The van der Waals surface area contributed by atoms with Gasteiger partial charge >= 0.3 is 0 Å². The highest BCUT2D eigenvalue weighted by atomic mass is 19.1. The van der Waals surface area contributed by atoms with Gasteiger partial charge in [-0.1, -0.05) is 0 Å². The van der Waals surface area contributed by atoms with Crippen LogP contribution in [0.4, 0.5) is 4.39 Å². The molecule has 1 aromatic heterocycles. The van der Waals surface area contributed by atoms with Crippen molar-refractivity contribution in [3.63, 3.8) is 0 Å². The molecule has 0 saturated carbocycles. The minimum absolute atomic E-state index is 0.153. The first-order chi connectivity index (χ1) is 7.63. The van der Waals surface area contributed by atoms with Gasteiger partial charge in [-0.15, -0.1) is 0 Å². The van der Waals surface area contributed by atoms with E-state index >= 15 is 0 Å². The summed E-state index contributed by atoms with van der Waals surface area (Å²) in [6.45, 7) is 0. The van der Waals surface area contributed by atoms with E-state index in [0.717, 1.165) is 6.20 Å². The number of pyridine rings is 1. The van der Waals surface area contributed by atoms with E-state index < -0.39 is 11.7 Å². The van der Waals surface area contributed by atoms with Gasteiger partial charge in [0.25, 0.3) is 5.91 Å². The Morgan fingerprint density at radius 1 is 1.44 bits per heavy atom. The molecule has 1 heterocycles. The fraction of sp³-hybridized carbons (Fsp3) is 0.0909. The predicted octanol–water partition coefficient (Wildman–Crippen LogP) is 1.48. The maximum absolute atomic E-state index is 13.4. The van der Waals surface area contributed by atoms with E-state index in [9.17, 15) is 9.18 Å². The normalized spacial score (nSPS) is 10.4. The van der Waals surface area contributed by atoms with Gasteiger partial charge in [0.1, 0.15) is 11.6 Å². The molecule has 0 unspecified atom stereocenters. The van der Waals surface area contributed by atoms with Crippen LogP contribution in [0.2, 0.25) is 0 Å². The van der Waals surface area contributed by atoms with Crippen LogP contribution >= 0.6 is 0 Å². The Bertz CT molecular complexity index is 569. The van der Waals surface area contributed by atoms with Crippen molar-refractivity contribution in [3.8, 4) is 5.75 Å². The molecular formula is C11H9FN2O2. The molecule has 0 bridgehead atoms. The molecule has 0 atom stereocenters. The molecule has 1 amide bonds. The lowest BCUT2D eigenvalue weighted by atomic mass is 10.1. The minimum Gasteiger partial charge on any atom is -0.496 e. The number of nitrogens with two attached hydrogens (primary N) is 1. The molecule has 2 aromatic rings. The number of halogens is 1. The number of hydrogen-bond donors (Lipinski definition) is 1. The first kappa shape index (κ1) is 10.4. The average molecular weight is 220 g/mol. The molecule has 16 heavy (non-hydrogen) atoms. The molecule has 5 heteroatoms. The Balaban J connectivity index is 2.81. The van der Waals surface area contributed by atoms with Crippen molar-refractivity contribution >= 4 is 16.7 Å². The fourth-order valence-electron chi connectivity index (χ4n) is 1.52. The van der Waals surface area contributed by atoms with E-state index in [1.54, 1.807) is 0 Å². The van der Waals surface area contributed by atoms with Crippen LogP contribution in [0.5, 0.6) is 5.75 Å². The summed E-state index contributed by atoms with van der Waals surface area (Å²) in [4.78, 5) is 14.9. The zero-order valence-electron chi connectivity index (χ0n) is 8.53. The smallest absolute Gasteiger partial charge is 0.252 e. The lowest BCUT2D eigenvalue weighted by Gasteiger charge is -2.07. The molecule has 0 fully saturated rings. The van der Waals surface area contributed by atoms with Gasteiger partial charge in [0.15, 0.2) is 0 Å². The standard InChI is InChI=1S/C11H9FN2O2/c1-16-10-2-6-4-14-5-9(12)7(6)3-8(10)11(13)15/h2-5H,1H3,(H2,13,15). The van der Waals surface area contributed by atoms with Gasteiger partial charge in [0.2, 0.25) is 0 Å². The summed E-state index contributed by atoms with van der Waals surface area (Å²) in [7, 11) is 1.42. The molecule has 2 N–H and O–H groups in total. The first-order valence-corrected chi connectivity index (χ1v) is 4.54. The second-order valence-corrected chi connectivity index (χ2v) is 3.26. The second-order valence-electron chi connectivity index (χ2n) is 3.26. The molecule has 0 aliphatic heterocycles. The van der Waals surface area contributed by atoms with Crippen LogP contribution in [0.15, 0.2) is 24.5 Å². The zero-order valence-corrected chi connectivity index (χ0v) is 8.53. The molecule has 4 nitrogen and oxygen atoms in total. The molecule has 1 aromatic carbocycles. The van der Waals surface area contributed by atoms with Crippen LogP contribution in [0.3, 0.4) is 0 Å². The zero-order chi connectivity index (χ0) is 11.7. The van der Waals surface area contributed by atoms with Crippen LogP contribution in [0, 0.1) is 5.82 Å². The van der Waals surface area contributed by atoms with E-state index in [0.29, 0.717) is 16.5 Å². The summed E-state index contributed by atoms with van der Waals surface area (Å²) in [6.07, 6.45) is 2.57. The molecule has 0 spiro atoms. The highest BCUT2D eigenvalue weighted by molar-refractivity contribution is 6.00. The lowest BCUT2D eigenvalue weighted by Crippen LogP contribution is -2.12. The average Bonchev–Trinajstić information content (AvgIpc) is 2.27. The summed E-state index contributed by atoms with van der Waals surface area (Å²) in [5.74, 6) is -0.843. The van der Waals surface area contributed by atoms with Crippen molar-refractivity contribution in [1.82, 2.24) is 4.98 Å². The number of methoxy groups -OCH3 is 1. The number of carbonyl (C=O) groups is 1. The van der Waals surface area contributed by atoms with Crippen molar-refractivity contribution in [2.75, 3.05) is 7.11 Å². The number of rotatable bonds is 2. The molecular weight excluding hydrogens is 211 g/mol. The monoisotopic (exact) mass is 220 g/mol. The molecule has 0 aliphatic carbocycles. The molecule has 82 valence electrons. The van der Waals surface area contributed by atoms with Gasteiger partial charge in [-0.05, 0) is 12.1 Å². The van der Waals surface area contributed by atoms with Crippen LogP contribution in [-0.4, -0.2) is 18.0 Å². The Morgan fingerprint density at radius 2 is 2.19 bits per heavy atom. The van der Waals surface area contributed by atoms with Gasteiger partial charge in [-0.2, -0.15) is 0 Å². The lowest BCUT2D eigenvalue weighted by molar-refractivity contribution is 0.0997. The van der Waals surface area contributed by atoms with Crippen LogP contribution in [-0.2, 0) is 0 Å². The number of amides is 1. The maximum atomic E-state index is 13.4. The predicted molar refractivity (Wildman–Crippen MR) is 56.8 cm³/mol. The third-order valence-corrected chi connectivity index (χ3v) is 2.30. The number of hydrogen-bond acceptors (Lipinski definition) is 3. The molecule has 0 radical (unpaired) electrons. The first-order valence-electron chi connectivity index (χ1n) is 4.54. The Kier molecular flexibility index (Phi) is 2.44. The van der Waals surface area contributed by atoms with E-state index in [-0.39, 0.29) is 5.56 Å². The summed E-state index contributed by atoms with van der Waals surface area (Å²) in [6, 6.07) is 2.90. The number of primary amides is 1. The van der Waals surface area contributed by atoms with Crippen LogP contribution in [0.25, 0.3) is 10.8 Å². The van der Waals surface area contributed by atoms with Gasteiger partial charge in [-0.3, -0.25) is 9.78 Å². The van der Waals surface area contributed by atoms with E-state index in [1.807, 2.05) is 0 Å². The number of ether oxygens (including phenoxy) is 1. The largest absolute Gasteiger partial charge is 0.496 e. The van der Waals surface area contributed by atoms with Crippen molar-refractivity contribution in [2.24, 2.45) is 5.73 Å². The van der Waals surface area contributed by atoms with Gasteiger partial charge in [0.05, 0.1) is 18.9 Å².